The molecule has 0 spiro atoms. The fourth-order valence-electron chi connectivity index (χ4n) is 0.957. The lowest BCUT2D eigenvalue weighted by molar-refractivity contribution is 0.978. The predicted molar refractivity (Wildman–Crippen MR) is 54.0 cm³/mol. The Hall–Kier alpha value is -1.58. The molecule has 13 heavy (non-hydrogen) atoms. The molecule has 0 unspecified atom stereocenters. The molecular weight excluding hydrogens is 164 g/mol. The smallest absolute Gasteiger partial charge is 0.141 e. The second-order valence-electron chi connectivity index (χ2n) is 2.77. The van der Waals surface area contributed by atoms with Crippen molar-refractivity contribution >= 4 is 11.5 Å². The molecule has 0 amide bonds. The first-order valence-electron chi connectivity index (χ1n) is 4.28. The van der Waals surface area contributed by atoms with Crippen molar-refractivity contribution in [2.24, 2.45) is 5.73 Å². The van der Waals surface area contributed by atoms with Crippen molar-refractivity contribution in [2.75, 3.05) is 11.9 Å². The number of nitrogen functional groups attached to an aromatic ring is 1. The molecule has 70 valence electrons. The predicted octanol–water partition coefficient (Wildman–Crippen LogP) is 1.19. The summed E-state index contributed by atoms with van der Waals surface area (Å²) < 4.78 is 0. The molecule has 0 saturated carbocycles. The zero-order valence-electron chi connectivity index (χ0n) is 7.67. The molecule has 4 heteroatoms. The Morgan fingerprint density at radius 2 is 2.46 bits per heavy atom. The number of nitrogens with two attached hydrogens (primary N) is 1. The summed E-state index contributed by atoms with van der Waals surface area (Å²) in [5, 5.41) is 10.4. The maximum atomic E-state index is 7.20. The normalized spacial score (nSPS) is 9.62. The third-order valence-corrected chi connectivity index (χ3v) is 1.62. The van der Waals surface area contributed by atoms with Gasteiger partial charge in [0.1, 0.15) is 11.5 Å². The van der Waals surface area contributed by atoms with Gasteiger partial charge in [0.25, 0.3) is 0 Å². The summed E-state index contributed by atoms with van der Waals surface area (Å²) in [4.78, 5) is 3.96. The number of hydrogen-bond donors (Lipinski definition) is 3. The van der Waals surface area contributed by atoms with Crippen LogP contribution in [0.15, 0.2) is 18.3 Å². The molecule has 0 fully saturated rings. The van der Waals surface area contributed by atoms with E-state index in [1.807, 2.05) is 6.07 Å². The van der Waals surface area contributed by atoms with Gasteiger partial charge < -0.3 is 11.1 Å². The number of aromatic nitrogens is 1. The van der Waals surface area contributed by atoms with Gasteiger partial charge in [0.15, 0.2) is 0 Å². The van der Waals surface area contributed by atoms with E-state index < -0.39 is 0 Å². The van der Waals surface area contributed by atoms with Gasteiger partial charge in [-0.05, 0) is 18.6 Å². The monoisotopic (exact) mass is 178 g/mol. The highest BCUT2D eigenvalue weighted by Crippen LogP contribution is 2.06. The van der Waals surface area contributed by atoms with Crippen LogP contribution in [-0.2, 0) is 0 Å². The second-order valence-corrected chi connectivity index (χ2v) is 2.77. The van der Waals surface area contributed by atoms with E-state index >= 15 is 0 Å². The van der Waals surface area contributed by atoms with Gasteiger partial charge in [-0.25, -0.2) is 0 Å². The zero-order valence-corrected chi connectivity index (χ0v) is 7.67. The molecule has 0 radical (unpaired) electrons. The van der Waals surface area contributed by atoms with Gasteiger partial charge in [-0.3, -0.25) is 10.4 Å². The fraction of sp³-hybridized carbons (Fsp3) is 0.333. The van der Waals surface area contributed by atoms with Crippen molar-refractivity contribution in [2.45, 2.75) is 13.3 Å². The fourth-order valence-corrected chi connectivity index (χ4v) is 0.957. The van der Waals surface area contributed by atoms with Crippen molar-refractivity contribution in [3.8, 4) is 0 Å². The van der Waals surface area contributed by atoms with E-state index in [0.717, 1.165) is 18.7 Å². The SMILES string of the molecule is CCCNc1ccnc(C(=N)N)c1. The Morgan fingerprint density at radius 3 is 3.08 bits per heavy atom. The average molecular weight is 178 g/mol. The Balaban J connectivity index is 2.73. The summed E-state index contributed by atoms with van der Waals surface area (Å²) in [6.45, 7) is 3.02. The van der Waals surface area contributed by atoms with Crippen molar-refractivity contribution in [1.82, 2.24) is 4.98 Å². The van der Waals surface area contributed by atoms with Crippen molar-refractivity contribution in [3.63, 3.8) is 0 Å². The van der Waals surface area contributed by atoms with Crippen LogP contribution in [0.1, 0.15) is 19.0 Å². The summed E-state index contributed by atoms with van der Waals surface area (Å²) in [5.41, 5.74) is 6.78. The molecule has 0 aliphatic heterocycles. The van der Waals surface area contributed by atoms with E-state index in [0.29, 0.717) is 5.69 Å². The number of rotatable bonds is 4. The lowest BCUT2D eigenvalue weighted by Gasteiger charge is -2.05. The molecule has 1 heterocycles. The molecule has 1 rings (SSSR count). The topological polar surface area (TPSA) is 74.8 Å². The standard InChI is InChI=1S/C9H14N4/c1-2-4-12-7-3-5-13-8(6-7)9(10)11/h3,5-6H,2,4H2,1H3,(H3,10,11)(H,12,13). The van der Waals surface area contributed by atoms with Crippen LogP contribution in [-0.4, -0.2) is 17.4 Å². The molecule has 0 saturated heterocycles. The Bertz CT molecular complexity index is 295. The summed E-state index contributed by atoms with van der Waals surface area (Å²) in [6.07, 6.45) is 2.71. The number of anilines is 1. The van der Waals surface area contributed by atoms with Gasteiger partial charge in [-0.1, -0.05) is 6.92 Å². The van der Waals surface area contributed by atoms with Crippen LogP contribution < -0.4 is 11.1 Å². The first kappa shape index (κ1) is 9.51. The van der Waals surface area contributed by atoms with Crippen molar-refractivity contribution in [3.05, 3.63) is 24.0 Å². The molecule has 1 aromatic heterocycles. The Labute approximate surface area is 77.7 Å². The molecule has 0 bridgehead atoms. The second kappa shape index (κ2) is 4.45. The summed E-state index contributed by atoms with van der Waals surface area (Å²) in [5.74, 6) is 0.000137. The van der Waals surface area contributed by atoms with Gasteiger partial charge in [0.2, 0.25) is 0 Å². The van der Waals surface area contributed by atoms with Crippen molar-refractivity contribution < 1.29 is 0 Å². The quantitative estimate of drug-likeness (QED) is 0.479. The van der Waals surface area contributed by atoms with Gasteiger partial charge >= 0.3 is 0 Å². The maximum Gasteiger partial charge on any atom is 0.141 e. The highest BCUT2D eigenvalue weighted by Gasteiger charge is 1.98. The molecule has 4 N–H and O–H groups in total. The minimum absolute atomic E-state index is 0.000137. The molecule has 0 atom stereocenters. The third-order valence-electron chi connectivity index (χ3n) is 1.62. The van der Waals surface area contributed by atoms with E-state index in [1.165, 1.54) is 0 Å². The molecule has 4 nitrogen and oxygen atoms in total. The summed E-state index contributed by atoms with van der Waals surface area (Å²) in [6, 6.07) is 3.64. The lowest BCUT2D eigenvalue weighted by Crippen LogP contribution is -2.13. The van der Waals surface area contributed by atoms with Crippen molar-refractivity contribution in [1.29, 1.82) is 5.41 Å². The average Bonchev–Trinajstić information content (AvgIpc) is 2.15. The van der Waals surface area contributed by atoms with E-state index in [9.17, 15) is 0 Å². The minimum Gasteiger partial charge on any atom is -0.385 e. The van der Waals surface area contributed by atoms with Gasteiger partial charge in [-0.15, -0.1) is 0 Å². The number of amidine groups is 1. The molecular formula is C9H14N4. The Morgan fingerprint density at radius 1 is 1.69 bits per heavy atom. The van der Waals surface area contributed by atoms with E-state index in [2.05, 4.69) is 17.2 Å². The van der Waals surface area contributed by atoms with Gasteiger partial charge in [0.05, 0.1) is 0 Å². The molecule has 0 aliphatic rings. The largest absolute Gasteiger partial charge is 0.385 e. The van der Waals surface area contributed by atoms with E-state index in [1.54, 1.807) is 12.3 Å². The Kier molecular flexibility index (Phi) is 3.25. The highest BCUT2D eigenvalue weighted by atomic mass is 14.9. The van der Waals surface area contributed by atoms with E-state index in [4.69, 9.17) is 11.1 Å². The third kappa shape index (κ3) is 2.74. The highest BCUT2D eigenvalue weighted by molar-refractivity contribution is 5.93. The number of nitrogens with zero attached hydrogens (tertiary/aromatic N) is 1. The first-order valence-corrected chi connectivity index (χ1v) is 4.28. The number of hydrogen-bond acceptors (Lipinski definition) is 3. The van der Waals surface area contributed by atoms with Crippen LogP contribution in [0.5, 0.6) is 0 Å². The molecule has 0 aliphatic carbocycles. The number of pyridine rings is 1. The van der Waals surface area contributed by atoms with Crippen LogP contribution >= 0.6 is 0 Å². The van der Waals surface area contributed by atoms with Gasteiger partial charge in [-0.2, -0.15) is 0 Å². The first-order chi connectivity index (χ1) is 6.24. The van der Waals surface area contributed by atoms with Crippen LogP contribution in [0.25, 0.3) is 0 Å². The summed E-state index contributed by atoms with van der Waals surface area (Å²) >= 11 is 0. The maximum absolute atomic E-state index is 7.20. The van der Waals surface area contributed by atoms with Crippen LogP contribution in [0.3, 0.4) is 0 Å². The van der Waals surface area contributed by atoms with Crippen LogP contribution in [0, 0.1) is 5.41 Å². The molecule has 0 aromatic carbocycles. The lowest BCUT2D eigenvalue weighted by atomic mass is 10.3. The van der Waals surface area contributed by atoms with Crippen LogP contribution in [0.4, 0.5) is 5.69 Å². The minimum atomic E-state index is 0.000137. The summed E-state index contributed by atoms with van der Waals surface area (Å²) in [7, 11) is 0. The van der Waals surface area contributed by atoms with E-state index in [-0.39, 0.29) is 5.84 Å². The number of nitrogens with one attached hydrogen (secondary N) is 2. The zero-order chi connectivity index (χ0) is 9.68. The molecule has 1 aromatic rings. The van der Waals surface area contributed by atoms with Gasteiger partial charge in [0, 0.05) is 18.4 Å². The van der Waals surface area contributed by atoms with Crippen LogP contribution in [0.2, 0.25) is 0 Å².